The van der Waals surface area contributed by atoms with Crippen LogP contribution in [0.1, 0.15) is 16.1 Å². The quantitative estimate of drug-likeness (QED) is 0.433. The molecule has 4 N–H and O–H groups in total. The number of H-pyrrole nitrogens is 1. The molecule has 2 aromatic carbocycles. The normalized spacial score (nSPS) is 12.1. The van der Waals surface area contributed by atoms with Gasteiger partial charge in [0.1, 0.15) is 23.3 Å². The number of phenols is 1. The van der Waals surface area contributed by atoms with Crippen LogP contribution < -0.4 is 5.32 Å². The monoisotopic (exact) mass is 468 g/mol. The highest BCUT2D eigenvalue weighted by molar-refractivity contribution is 14.1. The van der Waals surface area contributed by atoms with Gasteiger partial charge in [-0.3, -0.25) is 4.79 Å². The van der Waals surface area contributed by atoms with Gasteiger partial charge >= 0.3 is 5.97 Å². The van der Waals surface area contributed by atoms with Crippen molar-refractivity contribution in [1.29, 1.82) is 0 Å². The number of carboxylic acid groups (broad SMARTS) is 1. The van der Waals surface area contributed by atoms with Crippen molar-refractivity contribution in [1.82, 2.24) is 10.3 Å². The first-order valence-electron chi connectivity index (χ1n) is 7.63. The number of hydrogen-bond donors (Lipinski definition) is 4. The minimum Gasteiger partial charge on any atom is -0.507 e. The van der Waals surface area contributed by atoms with Crippen molar-refractivity contribution < 1.29 is 24.2 Å². The summed E-state index contributed by atoms with van der Waals surface area (Å²) in [5.41, 5.74) is 1.40. The first kappa shape index (κ1) is 18.2. The van der Waals surface area contributed by atoms with E-state index in [0.717, 1.165) is 0 Å². The largest absolute Gasteiger partial charge is 0.507 e. The third-order valence-corrected chi connectivity index (χ3v) is 4.75. The summed E-state index contributed by atoms with van der Waals surface area (Å²) < 4.78 is 13.8. The molecule has 0 saturated carbocycles. The number of amides is 1. The molecule has 0 spiro atoms. The van der Waals surface area contributed by atoms with Crippen LogP contribution in [0.25, 0.3) is 10.9 Å². The summed E-state index contributed by atoms with van der Waals surface area (Å²) in [5.74, 6) is -2.09. The lowest BCUT2D eigenvalue weighted by Gasteiger charge is -2.14. The van der Waals surface area contributed by atoms with Crippen molar-refractivity contribution in [2.24, 2.45) is 0 Å². The van der Waals surface area contributed by atoms with Gasteiger partial charge in [0.25, 0.3) is 5.91 Å². The second-order valence-corrected chi connectivity index (χ2v) is 6.93. The van der Waals surface area contributed by atoms with Crippen LogP contribution in [-0.2, 0) is 11.2 Å². The van der Waals surface area contributed by atoms with E-state index >= 15 is 0 Å². The summed E-state index contributed by atoms with van der Waals surface area (Å²) in [4.78, 5) is 26.7. The molecule has 1 aromatic heterocycles. The first-order valence-corrected chi connectivity index (χ1v) is 8.70. The van der Waals surface area contributed by atoms with Crippen molar-refractivity contribution in [3.8, 4) is 5.75 Å². The van der Waals surface area contributed by atoms with Gasteiger partial charge in [-0.15, -0.1) is 0 Å². The van der Waals surface area contributed by atoms with Crippen molar-refractivity contribution in [2.45, 2.75) is 12.5 Å². The Hall–Kier alpha value is -2.62. The minimum atomic E-state index is -1.18. The lowest BCUT2D eigenvalue weighted by atomic mass is 10.1. The van der Waals surface area contributed by atoms with Crippen LogP contribution in [0, 0.1) is 9.39 Å². The Bertz CT molecular complexity index is 1000. The van der Waals surface area contributed by atoms with Gasteiger partial charge in [0.05, 0.1) is 3.57 Å². The van der Waals surface area contributed by atoms with Crippen molar-refractivity contribution >= 4 is 45.4 Å². The van der Waals surface area contributed by atoms with Gasteiger partial charge in [0.15, 0.2) is 0 Å². The third-order valence-electron chi connectivity index (χ3n) is 3.88. The van der Waals surface area contributed by atoms with Gasteiger partial charge in [-0.1, -0.05) is 6.07 Å². The SMILES string of the molecule is O=C(N[C@@H](Cc1ccc(O)c(I)c1)C(=O)O)c1cc2cc(F)ccc2[nH]1. The maximum atomic E-state index is 13.3. The molecule has 3 rings (SSSR count). The number of halogens is 2. The van der Waals surface area contributed by atoms with E-state index < -0.39 is 23.7 Å². The van der Waals surface area contributed by atoms with Crippen LogP contribution in [0.5, 0.6) is 5.75 Å². The third kappa shape index (κ3) is 3.96. The van der Waals surface area contributed by atoms with Crippen LogP contribution >= 0.6 is 22.6 Å². The van der Waals surface area contributed by atoms with Gasteiger partial charge in [0, 0.05) is 17.3 Å². The van der Waals surface area contributed by atoms with E-state index in [4.69, 9.17) is 0 Å². The van der Waals surface area contributed by atoms with Crippen LogP contribution in [0.3, 0.4) is 0 Å². The summed E-state index contributed by atoms with van der Waals surface area (Å²) in [6.45, 7) is 0. The van der Waals surface area contributed by atoms with E-state index in [9.17, 15) is 24.2 Å². The predicted octanol–water partition coefficient (Wildman–Crippen LogP) is 3.04. The van der Waals surface area contributed by atoms with Crippen LogP contribution in [0.2, 0.25) is 0 Å². The summed E-state index contributed by atoms with van der Waals surface area (Å²) in [6.07, 6.45) is 0.0617. The Kier molecular flexibility index (Phi) is 5.12. The highest BCUT2D eigenvalue weighted by atomic mass is 127. The lowest BCUT2D eigenvalue weighted by Crippen LogP contribution is -2.42. The molecule has 0 aliphatic rings. The number of hydrogen-bond acceptors (Lipinski definition) is 3. The molecule has 1 heterocycles. The zero-order valence-electron chi connectivity index (χ0n) is 13.3. The number of aliphatic carboxylic acids is 1. The molecule has 6 nitrogen and oxygen atoms in total. The summed E-state index contributed by atoms with van der Waals surface area (Å²) >= 11 is 1.94. The maximum absolute atomic E-state index is 13.3. The topological polar surface area (TPSA) is 102 Å². The fourth-order valence-corrected chi connectivity index (χ4v) is 3.15. The summed E-state index contributed by atoms with van der Waals surface area (Å²) in [7, 11) is 0. The summed E-state index contributed by atoms with van der Waals surface area (Å²) in [6, 6.07) is 9.12. The molecule has 3 aromatic rings. The standard InChI is InChI=1S/C18H14FIN2O4/c19-11-2-3-13-10(7-11)8-14(21-13)17(24)22-15(18(25)26)6-9-1-4-16(23)12(20)5-9/h1-5,7-8,15,21,23H,6H2,(H,22,24)(H,25,26)/t15-/m0/s1. The molecule has 26 heavy (non-hydrogen) atoms. The lowest BCUT2D eigenvalue weighted by molar-refractivity contribution is -0.139. The number of fused-ring (bicyclic) bond motifs is 1. The number of benzene rings is 2. The highest BCUT2D eigenvalue weighted by Crippen LogP contribution is 2.21. The van der Waals surface area contributed by atoms with Crippen molar-refractivity contribution in [3.05, 3.63) is 63.1 Å². The van der Waals surface area contributed by atoms with Crippen LogP contribution in [0.4, 0.5) is 4.39 Å². The molecule has 0 fully saturated rings. The van der Waals surface area contributed by atoms with E-state index in [0.29, 0.717) is 20.0 Å². The molecule has 1 atom stereocenters. The first-order chi connectivity index (χ1) is 12.3. The number of carbonyl (C=O) groups excluding carboxylic acids is 1. The molecule has 0 radical (unpaired) electrons. The van der Waals surface area contributed by atoms with Crippen LogP contribution in [0.15, 0.2) is 42.5 Å². The number of phenolic OH excluding ortho intramolecular Hbond substituents is 1. The Balaban J connectivity index is 1.78. The van der Waals surface area contributed by atoms with Gasteiger partial charge < -0.3 is 20.5 Å². The second-order valence-electron chi connectivity index (χ2n) is 5.77. The highest BCUT2D eigenvalue weighted by Gasteiger charge is 2.22. The Labute approximate surface area is 161 Å². The minimum absolute atomic E-state index is 0.0617. The molecule has 0 aliphatic carbocycles. The predicted molar refractivity (Wildman–Crippen MR) is 102 cm³/mol. The maximum Gasteiger partial charge on any atom is 0.326 e. The van der Waals surface area contributed by atoms with E-state index in [1.807, 2.05) is 22.6 Å². The van der Waals surface area contributed by atoms with Gasteiger partial charge in [-0.05, 0) is 64.6 Å². The number of carbonyl (C=O) groups is 2. The number of carboxylic acids is 1. The number of rotatable bonds is 5. The molecule has 1 amide bonds. The van der Waals surface area contributed by atoms with E-state index in [1.165, 1.54) is 30.3 Å². The van der Waals surface area contributed by atoms with E-state index in [1.54, 1.807) is 12.1 Å². The van der Waals surface area contributed by atoms with Crippen molar-refractivity contribution in [2.75, 3.05) is 0 Å². The average molecular weight is 468 g/mol. The molecule has 0 bridgehead atoms. The number of aromatic nitrogens is 1. The molecule has 0 saturated heterocycles. The molecular weight excluding hydrogens is 454 g/mol. The fraction of sp³-hybridized carbons (Fsp3) is 0.111. The van der Waals surface area contributed by atoms with E-state index in [-0.39, 0.29) is 17.9 Å². The molecule has 0 aliphatic heterocycles. The number of aromatic hydroxyl groups is 1. The van der Waals surface area contributed by atoms with Gasteiger partial charge in [-0.2, -0.15) is 0 Å². The van der Waals surface area contributed by atoms with Gasteiger partial charge in [0.2, 0.25) is 0 Å². The van der Waals surface area contributed by atoms with E-state index in [2.05, 4.69) is 10.3 Å². The molecule has 0 unspecified atom stereocenters. The Morgan fingerprint density at radius 3 is 2.65 bits per heavy atom. The van der Waals surface area contributed by atoms with Gasteiger partial charge in [-0.25, -0.2) is 9.18 Å². The smallest absolute Gasteiger partial charge is 0.326 e. The Morgan fingerprint density at radius 1 is 1.19 bits per heavy atom. The van der Waals surface area contributed by atoms with Crippen LogP contribution in [-0.4, -0.2) is 33.1 Å². The second kappa shape index (κ2) is 7.32. The number of nitrogens with one attached hydrogen (secondary N) is 2. The van der Waals surface area contributed by atoms with Crippen molar-refractivity contribution in [3.63, 3.8) is 0 Å². The average Bonchev–Trinajstić information content (AvgIpc) is 3.00. The number of aromatic amines is 1. The summed E-state index contributed by atoms with van der Waals surface area (Å²) in [5, 5.41) is 21.9. The zero-order valence-corrected chi connectivity index (χ0v) is 15.5. The zero-order chi connectivity index (χ0) is 18.8. The Morgan fingerprint density at radius 2 is 1.96 bits per heavy atom. The molecule has 8 heteroatoms. The molecule has 134 valence electrons. The fourth-order valence-electron chi connectivity index (χ4n) is 2.57. The molecular formula is C18H14FIN2O4.